The van der Waals surface area contributed by atoms with E-state index in [-0.39, 0.29) is 6.42 Å². The SMILES string of the molecule is CC(NC(=O)C(CC(=O)O)NC(=O)C(Cc1cnc[nH]1)NC(=O)C(N)C(C)O)C(=O)O. The van der Waals surface area contributed by atoms with E-state index in [1.807, 2.05) is 0 Å². The number of hydrogen-bond donors (Lipinski definition) is 8. The third-order valence-electron chi connectivity index (χ3n) is 4.18. The number of aliphatic hydroxyl groups excluding tert-OH is 1. The summed E-state index contributed by atoms with van der Waals surface area (Å²) in [6.07, 6.45) is 0.566. The van der Waals surface area contributed by atoms with Crippen LogP contribution in [0.25, 0.3) is 0 Å². The number of nitrogens with one attached hydrogen (secondary N) is 4. The van der Waals surface area contributed by atoms with Gasteiger partial charge in [0.05, 0.1) is 18.9 Å². The van der Waals surface area contributed by atoms with Gasteiger partial charge in [0.25, 0.3) is 0 Å². The molecule has 0 radical (unpaired) electrons. The molecule has 0 aliphatic heterocycles. The van der Waals surface area contributed by atoms with Crippen molar-refractivity contribution >= 4 is 29.7 Å². The van der Waals surface area contributed by atoms with E-state index < -0.39 is 66.4 Å². The smallest absolute Gasteiger partial charge is 0.325 e. The number of carboxylic acids is 2. The summed E-state index contributed by atoms with van der Waals surface area (Å²) >= 11 is 0. The van der Waals surface area contributed by atoms with Crippen molar-refractivity contribution in [3.8, 4) is 0 Å². The number of aromatic nitrogens is 2. The highest BCUT2D eigenvalue weighted by molar-refractivity contribution is 5.95. The third-order valence-corrected chi connectivity index (χ3v) is 4.18. The van der Waals surface area contributed by atoms with Crippen molar-refractivity contribution in [2.75, 3.05) is 0 Å². The first-order chi connectivity index (χ1) is 14.4. The fourth-order valence-corrected chi connectivity index (χ4v) is 2.34. The largest absolute Gasteiger partial charge is 0.481 e. The molecule has 14 heteroatoms. The molecule has 14 nitrogen and oxygen atoms in total. The molecule has 0 fully saturated rings. The highest BCUT2D eigenvalue weighted by atomic mass is 16.4. The zero-order chi connectivity index (χ0) is 23.7. The Bertz CT molecular complexity index is 797. The second-order valence-corrected chi connectivity index (χ2v) is 6.84. The monoisotopic (exact) mass is 442 g/mol. The zero-order valence-electron chi connectivity index (χ0n) is 16.9. The van der Waals surface area contributed by atoms with Crippen LogP contribution in [0.15, 0.2) is 12.5 Å². The van der Waals surface area contributed by atoms with E-state index in [0.29, 0.717) is 5.69 Å². The van der Waals surface area contributed by atoms with E-state index in [9.17, 15) is 29.1 Å². The summed E-state index contributed by atoms with van der Waals surface area (Å²) in [7, 11) is 0. The Morgan fingerprint density at radius 1 is 1.03 bits per heavy atom. The number of aromatic amines is 1. The normalized spacial score (nSPS) is 15.6. The molecule has 31 heavy (non-hydrogen) atoms. The molecule has 1 aromatic rings. The first-order valence-corrected chi connectivity index (χ1v) is 9.19. The third kappa shape index (κ3) is 8.39. The number of rotatable bonds is 12. The summed E-state index contributed by atoms with van der Waals surface area (Å²) < 4.78 is 0. The molecular weight excluding hydrogens is 416 g/mol. The lowest BCUT2D eigenvalue weighted by atomic mass is 10.1. The maximum Gasteiger partial charge on any atom is 0.325 e. The van der Waals surface area contributed by atoms with Gasteiger partial charge in [-0.25, -0.2) is 4.98 Å². The quantitative estimate of drug-likeness (QED) is 0.160. The first kappa shape index (κ1) is 25.5. The minimum atomic E-state index is -1.61. The van der Waals surface area contributed by atoms with Crippen molar-refractivity contribution < 1.29 is 39.3 Å². The lowest BCUT2D eigenvalue weighted by molar-refractivity contribution is -0.143. The van der Waals surface area contributed by atoms with E-state index in [0.717, 1.165) is 0 Å². The topological polar surface area (TPSA) is 237 Å². The summed E-state index contributed by atoms with van der Waals surface area (Å²) in [6, 6.07) is -5.59. The van der Waals surface area contributed by atoms with Gasteiger partial charge < -0.3 is 42.0 Å². The summed E-state index contributed by atoms with van der Waals surface area (Å²) in [5, 5.41) is 34.0. The number of carbonyl (C=O) groups is 5. The summed E-state index contributed by atoms with van der Waals surface area (Å²) in [6.45, 7) is 2.45. The molecule has 5 atom stereocenters. The molecule has 0 aliphatic carbocycles. The Morgan fingerprint density at radius 3 is 2.10 bits per heavy atom. The predicted molar refractivity (Wildman–Crippen MR) is 103 cm³/mol. The van der Waals surface area contributed by atoms with Gasteiger partial charge in [-0.05, 0) is 13.8 Å². The van der Waals surface area contributed by atoms with Gasteiger partial charge in [-0.1, -0.05) is 0 Å². The van der Waals surface area contributed by atoms with E-state index >= 15 is 0 Å². The van der Waals surface area contributed by atoms with Gasteiger partial charge in [0.1, 0.15) is 24.2 Å². The van der Waals surface area contributed by atoms with E-state index in [4.69, 9.17) is 15.9 Å². The van der Waals surface area contributed by atoms with Crippen molar-refractivity contribution in [1.29, 1.82) is 0 Å². The number of nitrogens with two attached hydrogens (primary N) is 1. The Kier molecular flexibility index (Phi) is 9.56. The molecule has 0 saturated heterocycles. The number of carboxylic acid groups (broad SMARTS) is 2. The van der Waals surface area contributed by atoms with Gasteiger partial charge in [0.15, 0.2) is 0 Å². The predicted octanol–water partition coefficient (Wildman–Crippen LogP) is -3.31. The second kappa shape index (κ2) is 11.6. The zero-order valence-corrected chi connectivity index (χ0v) is 16.9. The van der Waals surface area contributed by atoms with Crippen molar-refractivity contribution in [2.45, 2.75) is 57.0 Å². The summed E-state index contributed by atoms with van der Waals surface area (Å²) in [4.78, 5) is 65.8. The molecule has 172 valence electrons. The number of hydrogen-bond acceptors (Lipinski definition) is 8. The first-order valence-electron chi connectivity index (χ1n) is 9.19. The van der Waals surface area contributed by atoms with Crippen LogP contribution < -0.4 is 21.7 Å². The van der Waals surface area contributed by atoms with Gasteiger partial charge in [-0.2, -0.15) is 0 Å². The van der Waals surface area contributed by atoms with E-state index in [1.54, 1.807) is 0 Å². The van der Waals surface area contributed by atoms with Crippen molar-refractivity contribution in [2.24, 2.45) is 5.73 Å². The molecule has 3 amide bonds. The van der Waals surface area contributed by atoms with E-state index in [1.165, 1.54) is 26.4 Å². The van der Waals surface area contributed by atoms with Crippen molar-refractivity contribution in [3.05, 3.63) is 18.2 Å². The van der Waals surface area contributed by atoms with Crippen LogP contribution in [0, 0.1) is 0 Å². The summed E-state index contributed by atoms with van der Waals surface area (Å²) in [5.41, 5.74) is 6.00. The van der Waals surface area contributed by atoms with Crippen LogP contribution in [-0.4, -0.2) is 85.2 Å². The van der Waals surface area contributed by atoms with Gasteiger partial charge in [-0.3, -0.25) is 24.0 Å². The van der Waals surface area contributed by atoms with Crippen LogP contribution in [0.5, 0.6) is 0 Å². The molecule has 0 spiro atoms. The highest BCUT2D eigenvalue weighted by Gasteiger charge is 2.31. The maximum absolute atomic E-state index is 12.8. The lowest BCUT2D eigenvalue weighted by Gasteiger charge is -2.24. The average molecular weight is 442 g/mol. The van der Waals surface area contributed by atoms with Crippen LogP contribution in [0.1, 0.15) is 26.0 Å². The van der Waals surface area contributed by atoms with Crippen LogP contribution >= 0.6 is 0 Å². The number of H-pyrrole nitrogens is 1. The number of nitrogens with zero attached hydrogens (tertiary/aromatic N) is 1. The number of imidazole rings is 1. The fourth-order valence-electron chi connectivity index (χ4n) is 2.34. The Labute approximate surface area is 176 Å². The van der Waals surface area contributed by atoms with Gasteiger partial charge >= 0.3 is 11.9 Å². The molecule has 0 aliphatic rings. The number of aliphatic carboxylic acids is 2. The minimum absolute atomic E-state index is 0.114. The second-order valence-electron chi connectivity index (χ2n) is 6.84. The molecule has 1 rings (SSSR count). The van der Waals surface area contributed by atoms with Crippen LogP contribution in [0.3, 0.4) is 0 Å². The molecular formula is C17H26N6O8. The maximum atomic E-state index is 12.8. The lowest BCUT2D eigenvalue weighted by Crippen LogP contribution is -2.58. The van der Waals surface area contributed by atoms with Gasteiger partial charge in [0, 0.05) is 18.3 Å². The summed E-state index contributed by atoms with van der Waals surface area (Å²) in [5.74, 6) is -5.59. The van der Waals surface area contributed by atoms with Crippen molar-refractivity contribution in [3.63, 3.8) is 0 Å². The number of carbonyl (C=O) groups excluding carboxylic acids is 3. The Balaban J connectivity index is 3.01. The molecule has 1 heterocycles. The molecule has 0 bridgehead atoms. The fraction of sp³-hybridized carbons (Fsp3) is 0.529. The van der Waals surface area contributed by atoms with Gasteiger partial charge in [0.2, 0.25) is 17.7 Å². The number of aliphatic hydroxyl groups is 1. The van der Waals surface area contributed by atoms with E-state index in [2.05, 4.69) is 25.9 Å². The van der Waals surface area contributed by atoms with Crippen LogP contribution in [0.2, 0.25) is 0 Å². The van der Waals surface area contributed by atoms with Crippen LogP contribution in [-0.2, 0) is 30.4 Å². The molecule has 0 aromatic carbocycles. The minimum Gasteiger partial charge on any atom is -0.481 e. The molecule has 1 aromatic heterocycles. The average Bonchev–Trinajstić information content (AvgIpc) is 3.18. The van der Waals surface area contributed by atoms with Gasteiger partial charge in [-0.15, -0.1) is 0 Å². The Morgan fingerprint density at radius 2 is 1.61 bits per heavy atom. The molecule has 0 saturated carbocycles. The highest BCUT2D eigenvalue weighted by Crippen LogP contribution is 2.03. The molecule has 9 N–H and O–H groups in total. The van der Waals surface area contributed by atoms with Crippen LogP contribution in [0.4, 0.5) is 0 Å². The Hall–Kier alpha value is -3.52. The molecule has 5 unspecified atom stereocenters. The number of amides is 3. The van der Waals surface area contributed by atoms with Crippen molar-refractivity contribution in [1.82, 2.24) is 25.9 Å². The standard InChI is InChI=1S/C17H26N6O8/c1-7(17(30)31)21-14(27)11(4-12(25)26)22-15(28)10(3-9-5-19-6-20-9)23-16(29)13(18)8(2)24/h5-8,10-11,13,24H,3-4,18H2,1-2H3,(H,19,20)(H,21,27)(H,22,28)(H,23,29)(H,25,26)(H,30,31).